The molecule has 0 aromatic heterocycles. The fourth-order valence-corrected chi connectivity index (χ4v) is 4.87. The smallest absolute Gasteiger partial charge is 0.0400 e. The maximum Gasteiger partial charge on any atom is 0.0400 e. The molecule has 1 N–H and O–H groups in total. The van der Waals surface area contributed by atoms with Gasteiger partial charge in [0.15, 0.2) is 0 Å². The molecule has 2 rings (SSSR count). The van der Waals surface area contributed by atoms with Crippen molar-refractivity contribution in [2.75, 3.05) is 13.6 Å². The summed E-state index contributed by atoms with van der Waals surface area (Å²) in [6.45, 7) is 6.03. The van der Waals surface area contributed by atoms with E-state index in [1.165, 1.54) is 32.1 Å². The van der Waals surface area contributed by atoms with Crippen molar-refractivity contribution < 1.29 is 0 Å². The lowest BCUT2D eigenvalue weighted by atomic mass is 9.66. The third-order valence-electron chi connectivity index (χ3n) is 5.38. The van der Waals surface area contributed by atoms with Crippen LogP contribution in [0, 0.1) is 16.7 Å². The molecule has 88 valence electrons. The predicted molar refractivity (Wildman–Crippen MR) is 66.4 cm³/mol. The molecule has 0 amide bonds. The molecule has 0 radical (unpaired) electrons. The van der Waals surface area contributed by atoms with Crippen LogP contribution in [0.1, 0.15) is 46.0 Å². The van der Waals surface area contributed by atoms with Gasteiger partial charge < -0.3 is 5.32 Å². The number of nitrogens with one attached hydrogen (secondary N) is 1. The Morgan fingerprint density at radius 2 is 2.13 bits per heavy atom. The molecule has 0 saturated heterocycles. The summed E-state index contributed by atoms with van der Waals surface area (Å²) in [6, 6.07) is 0. The van der Waals surface area contributed by atoms with Gasteiger partial charge in [-0.25, -0.2) is 0 Å². The van der Waals surface area contributed by atoms with Crippen LogP contribution in [-0.4, -0.2) is 19.0 Å². The Hall–Kier alpha value is 0.250. The van der Waals surface area contributed by atoms with Crippen molar-refractivity contribution in [3.63, 3.8) is 0 Å². The molecule has 0 aromatic rings. The van der Waals surface area contributed by atoms with Crippen molar-refractivity contribution >= 4 is 11.6 Å². The van der Waals surface area contributed by atoms with E-state index >= 15 is 0 Å². The van der Waals surface area contributed by atoms with Crippen LogP contribution in [0.5, 0.6) is 0 Å². The summed E-state index contributed by atoms with van der Waals surface area (Å²) < 4.78 is 0. The molecule has 2 bridgehead atoms. The predicted octanol–water partition coefficient (Wildman–Crippen LogP) is 3.42. The number of hydrogen-bond acceptors (Lipinski definition) is 1. The van der Waals surface area contributed by atoms with Gasteiger partial charge in [-0.3, -0.25) is 0 Å². The highest BCUT2D eigenvalue weighted by Gasteiger charge is 2.62. The molecule has 15 heavy (non-hydrogen) atoms. The zero-order valence-corrected chi connectivity index (χ0v) is 11.0. The molecular weight excluding hydrogens is 206 g/mol. The van der Waals surface area contributed by atoms with E-state index in [4.69, 9.17) is 11.6 Å². The maximum atomic E-state index is 6.61. The second-order valence-corrected chi connectivity index (χ2v) is 6.55. The average Bonchev–Trinajstić information content (AvgIpc) is 2.52. The Morgan fingerprint density at radius 1 is 1.40 bits per heavy atom. The zero-order valence-electron chi connectivity index (χ0n) is 10.3. The van der Waals surface area contributed by atoms with Crippen molar-refractivity contribution in [1.82, 2.24) is 5.32 Å². The molecular formula is C13H24ClN. The lowest BCUT2D eigenvalue weighted by molar-refractivity contribution is 0.116. The Balaban J connectivity index is 2.09. The van der Waals surface area contributed by atoms with E-state index in [1.54, 1.807) is 0 Å². The molecule has 2 saturated carbocycles. The van der Waals surface area contributed by atoms with Crippen LogP contribution in [0.4, 0.5) is 0 Å². The van der Waals surface area contributed by atoms with Crippen LogP contribution in [0.25, 0.3) is 0 Å². The van der Waals surface area contributed by atoms with Gasteiger partial charge >= 0.3 is 0 Å². The summed E-state index contributed by atoms with van der Waals surface area (Å²) in [4.78, 5) is 0. The van der Waals surface area contributed by atoms with E-state index in [-0.39, 0.29) is 0 Å². The molecule has 0 aromatic carbocycles. The van der Waals surface area contributed by atoms with Crippen LogP contribution in [-0.2, 0) is 0 Å². The number of rotatable bonds is 4. The van der Waals surface area contributed by atoms with E-state index < -0.39 is 0 Å². The first-order valence-electron chi connectivity index (χ1n) is 6.33. The van der Waals surface area contributed by atoms with Crippen molar-refractivity contribution in [1.29, 1.82) is 0 Å². The van der Waals surface area contributed by atoms with Crippen LogP contribution < -0.4 is 5.32 Å². The summed E-state index contributed by atoms with van der Waals surface area (Å²) in [5.41, 5.74) is 0.920. The average molecular weight is 230 g/mol. The molecule has 1 nitrogen and oxygen atoms in total. The molecule has 2 aliphatic rings. The maximum absolute atomic E-state index is 6.61. The highest BCUT2D eigenvalue weighted by Crippen LogP contribution is 2.68. The summed E-state index contributed by atoms with van der Waals surface area (Å²) >= 11 is 6.61. The van der Waals surface area contributed by atoms with E-state index in [0.717, 1.165) is 12.5 Å². The highest BCUT2D eigenvalue weighted by atomic mass is 35.5. The Morgan fingerprint density at radius 3 is 2.60 bits per heavy atom. The quantitative estimate of drug-likeness (QED) is 0.576. The Kier molecular flexibility index (Phi) is 3.07. The lowest BCUT2D eigenvalue weighted by Crippen LogP contribution is -2.36. The van der Waals surface area contributed by atoms with Gasteiger partial charge in [-0.1, -0.05) is 13.8 Å². The minimum atomic E-state index is 0.433. The van der Waals surface area contributed by atoms with E-state index in [2.05, 4.69) is 19.2 Å². The SMILES string of the molecule is CNCCC[C@@]12CC[C@@H](C[C@H]1Cl)C2(C)C. The van der Waals surface area contributed by atoms with Gasteiger partial charge in [0, 0.05) is 5.38 Å². The Bertz CT molecular complexity index is 239. The molecule has 2 fully saturated rings. The molecule has 0 unspecified atom stereocenters. The van der Waals surface area contributed by atoms with Crippen LogP contribution >= 0.6 is 11.6 Å². The largest absolute Gasteiger partial charge is 0.320 e. The summed E-state index contributed by atoms with van der Waals surface area (Å²) in [6.07, 6.45) is 6.62. The van der Waals surface area contributed by atoms with Gasteiger partial charge in [0.25, 0.3) is 0 Å². The van der Waals surface area contributed by atoms with Crippen LogP contribution in [0.3, 0.4) is 0 Å². The fourth-order valence-electron chi connectivity index (χ4n) is 4.15. The second kappa shape index (κ2) is 3.92. The first-order valence-corrected chi connectivity index (χ1v) is 6.77. The molecule has 0 heterocycles. The molecule has 0 spiro atoms. The first kappa shape index (κ1) is 11.7. The standard InChI is InChI=1S/C13H24ClN/c1-12(2)10-5-7-13(12,11(14)9-10)6-4-8-15-3/h10-11,15H,4-9H2,1-3H3/t10-,11+,13+/m0/s1. The van der Waals surface area contributed by atoms with Gasteiger partial charge in [0.1, 0.15) is 0 Å². The number of halogens is 1. The van der Waals surface area contributed by atoms with E-state index in [0.29, 0.717) is 16.2 Å². The van der Waals surface area contributed by atoms with Crippen molar-refractivity contribution in [3.8, 4) is 0 Å². The minimum absolute atomic E-state index is 0.433. The molecule has 2 heteroatoms. The lowest BCUT2D eigenvalue weighted by Gasteiger charge is -2.40. The minimum Gasteiger partial charge on any atom is -0.320 e. The van der Waals surface area contributed by atoms with Gasteiger partial charge in [0.05, 0.1) is 0 Å². The van der Waals surface area contributed by atoms with E-state index in [1.807, 2.05) is 7.05 Å². The summed E-state index contributed by atoms with van der Waals surface area (Å²) in [7, 11) is 2.03. The highest BCUT2D eigenvalue weighted by molar-refractivity contribution is 6.21. The number of fused-ring (bicyclic) bond motifs is 2. The Labute approximate surface area is 99.0 Å². The first-order chi connectivity index (χ1) is 7.04. The van der Waals surface area contributed by atoms with Crippen molar-refractivity contribution in [2.45, 2.75) is 51.3 Å². The van der Waals surface area contributed by atoms with Crippen molar-refractivity contribution in [2.24, 2.45) is 16.7 Å². The number of alkyl halides is 1. The topological polar surface area (TPSA) is 12.0 Å². The monoisotopic (exact) mass is 229 g/mol. The number of hydrogen-bond donors (Lipinski definition) is 1. The zero-order chi connectivity index (χ0) is 11.1. The van der Waals surface area contributed by atoms with E-state index in [9.17, 15) is 0 Å². The van der Waals surface area contributed by atoms with Gasteiger partial charge in [-0.15, -0.1) is 11.6 Å². The van der Waals surface area contributed by atoms with Gasteiger partial charge in [-0.05, 0) is 62.4 Å². The summed E-state index contributed by atoms with van der Waals surface area (Å²) in [5.74, 6) is 0.884. The molecule has 0 aliphatic heterocycles. The molecule has 3 atom stereocenters. The van der Waals surface area contributed by atoms with Crippen LogP contribution in [0.15, 0.2) is 0 Å². The fraction of sp³-hybridized carbons (Fsp3) is 1.00. The van der Waals surface area contributed by atoms with Crippen molar-refractivity contribution in [3.05, 3.63) is 0 Å². The normalized spacial score (nSPS) is 42.4. The third-order valence-corrected chi connectivity index (χ3v) is 5.98. The second-order valence-electron chi connectivity index (χ2n) is 6.02. The summed E-state index contributed by atoms with van der Waals surface area (Å²) in [5, 5.41) is 3.68. The van der Waals surface area contributed by atoms with Crippen LogP contribution in [0.2, 0.25) is 0 Å². The van der Waals surface area contributed by atoms with Gasteiger partial charge in [-0.2, -0.15) is 0 Å². The van der Waals surface area contributed by atoms with Gasteiger partial charge in [0.2, 0.25) is 0 Å². The molecule has 2 aliphatic carbocycles. The third kappa shape index (κ3) is 1.54.